The zero-order chi connectivity index (χ0) is 19.0. The second kappa shape index (κ2) is 7.71. The van der Waals surface area contributed by atoms with Crippen molar-refractivity contribution < 1.29 is 9.66 Å². The summed E-state index contributed by atoms with van der Waals surface area (Å²) >= 11 is 15.3. The minimum atomic E-state index is -0.456. The predicted molar refractivity (Wildman–Crippen MR) is 112 cm³/mol. The van der Waals surface area contributed by atoms with Crippen molar-refractivity contribution in [2.45, 2.75) is 0 Å². The van der Waals surface area contributed by atoms with E-state index in [0.717, 1.165) is 35.0 Å². The number of ether oxygens (including phenoxy) is 1. The fourth-order valence-electron chi connectivity index (χ4n) is 2.83. The van der Waals surface area contributed by atoms with Crippen molar-refractivity contribution in [2.75, 3.05) is 29.5 Å². The van der Waals surface area contributed by atoms with Crippen molar-refractivity contribution in [3.05, 3.63) is 50.5 Å². The van der Waals surface area contributed by atoms with E-state index in [4.69, 9.17) is 27.9 Å². The molecule has 0 unspecified atom stereocenters. The molecule has 0 atom stereocenters. The van der Waals surface area contributed by atoms with Crippen LogP contribution in [0.2, 0.25) is 10.0 Å². The number of hydrogen-bond acceptors (Lipinski definition) is 7. The first kappa shape index (κ1) is 18.6. The molecular formula is C17H13Cl2N3O3S2. The number of nitro benzene ring substituents is 1. The van der Waals surface area contributed by atoms with Crippen molar-refractivity contribution in [3.8, 4) is 10.9 Å². The lowest BCUT2D eigenvalue weighted by Crippen LogP contribution is -2.32. The molecule has 6 nitrogen and oxygen atoms in total. The number of rotatable bonds is 4. The summed E-state index contributed by atoms with van der Waals surface area (Å²) in [4.78, 5) is 17.5. The van der Waals surface area contributed by atoms with Gasteiger partial charge in [-0.3, -0.25) is 10.1 Å². The molecule has 1 fully saturated rings. The summed E-state index contributed by atoms with van der Waals surface area (Å²) in [5, 5.41) is 12.6. The fraction of sp³-hybridized carbons (Fsp3) is 0.235. The van der Waals surface area contributed by atoms with Gasteiger partial charge in [0.05, 0.1) is 14.6 Å². The van der Waals surface area contributed by atoms with Crippen LogP contribution in [-0.4, -0.2) is 34.5 Å². The molecule has 1 aliphatic rings. The van der Waals surface area contributed by atoms with Crippen molar-refractivity contribution in [3.63, 3.8) is 0 Å². The van der Waals surface area contributed by atoms with Gasteiger partial charge in [-0.2, -0.15) is 11.8 Å². The Balaban J connectivity index is 1.71. The predicted octanol–water partition coefficient (Wildman–Crippen LogP) is 5.86. The van der Waals surface area contributed by atoms with Gasteiger partial charge in [0.2, 0.25) is 5.75 Å². The van der Waals surface area contributed by atoms with Crippen LogP contribution in [0.3, 0.4) is 0 Å². The first-order chi connectivity index (χ1) is 13.0. The molecule has 3 aromatic rings. The van der Waals surface area contributed by atoms with E-state index in [1.165, 1.54) is 17.4 Å². The number of nitro groups is 1. The molecule has 0 spiro atoms. The highest BCUT2D eigenvalue weighted by atomic mass is 35.5. The van der Waals surface area contributed by atoms with Crippen LogP contribution in [-0.2, 0) is 0 Å². The third-order valence-electron chi connectivity index (χ3n) is 4.11. The van der Waals surface area contributed by atoms with Crippen LogP contribution in [0, 0.1) is 10.1 Å². The maximum Gasteiger partial charge on any atom is 0.311 e. The fourth-order valence-corrected chi connectivity index (χ4v) is 5.28. The van der Waals surface area contributed by atoms with Crippen molar-refractivity contribution in [1.82, 2.24) is 4.98 Å². The van der Waals surface area contributed by atoms with E-state index in [1.54, 1.807) is 24.3 Å². The normalized spacial score (nSPS) is 14.5. The second-order valence-electron chi connectivity index (χ2n) is 5.82. The first-order valence-electron chi connectivity index (χ1n) is 8.06. The van der Waals surface area contributed by atoms with Crippen LogP contribution < -0.4 is 9.64 Å². The summed E-state index contributed by atoms with van der Waals surface area (Å²) in [7, 11) is 0. The van der Waals surface area contributed by atoms with Gasteiger partial charge in [-0.25, -0.2) is 4.98 Å². The highest BCUT2D eigenvalue weighted by Gasteiger charge is 2.21. The van der Waals surface area contributed by atoms with Gasteiger partial charge in [-0.05, 0) is 18.2 Å². The molecule has 0 radical (unpaired) electrons. The van der Waals surface area contributed by atoms with Gasteiger partial charge in [0.15, 0.2) is 0 Å². The van der Waals surface area contributed by atoms with Gasteiger partial charge in [0.25, 0.3) is 5.19 Å². The van der Waals surface area contributed by atoms with Crippen LogP contribution in [0.15, 0.2) is 30.3 Å². The Morgan fingerprint density at radius 3 is 2.70 bits per heavy atom. The Hall–Kier alpha value is -1.74. The van der Waals surface area contributed by atoms with Crippen molar-refractivity contribution in [2.24, 2.45) is 0 Å². The van der Waals surface area contributed by atoms with Gasteiger partial charge in [-0.1, -0.05) is 34.5 Å². The molecule has 1 aliphatic heterocycles. The SMILES string of the molecule is O=[N+]([O-])c1ccc(N2CCSCC2)cc1Oc1nc2c(Cl)cc(Cl)cc2s1. The average Bonchev–Trinajstić information content (AvgIpc) is 3.05. The zero-order valence-corrected chi connectivity index (χ0v) is 17.0. The number of benzene rings is 2. The van der Waals surface area contributed by atoms with Crippen molar-refractivity contribution >= 4 is 67.9 Å². The zero-order valence-electron chi connectivity index (χ0n) is 13.9. The Bertz CT molecular complexity index is 1020. The first-order valence-corrected chi connectivity index (χ1v) is 10.8. The van der Waals surface area contributed by atoms with E-state index in [1.807, 2.05) is 11.8 Å². The van der Waals surface area contributed by atoms with Gasteiger partial charge in [0, 0.05) is 47.4 Å². The molecule has 2 aromatic carbocycles. The molecular weight excluding hydrogens is 429 g/mol. The Kier molecular flexibility index (Phi) is 5.32. The molecule has 0 saturated carbocycles. The second-order valence-corrected chi connectivity index (χ2v) is 8.89. The standard InChI is InChI=1S/C17H13Cl2N3O3S2/c18-10-7-12(19)16-15(8-10)27-17(20-16)25-14-9-11(1-2-13(14)22(23)24)21-3-5-26-6-4-21/h1-2,7-9H,3-6H2. The van der Waals surface area contributed by atoms with Gasteiger partial charge >= 0.3 is 5.69 Å². The van der Waals surface area contributed by atoms with Gasteiger partial charge in [0.1, 0.15) is 5.52 Å². The van der Waals surface area contributed by atoms with Crippen LogP contribution in [0.1, 0.15) is 0 Å². The number of hydrogen-bond donors (Lipinski definition) is 0. The molecule has 2 heterocycles. The largest absolute Gasteiger partial charge is 0.423 e. The summed E-state index contributed by atoms with van der Waals surface area (Å²) in [5.41, 5.74) is 1.36. The quantitative estimate of drug-likeness (QED) is 0.373. The lowest BCUT2D eigenvalue weighted by atomic mass is 10.2. The van der Waals surface area contributed by atoms with E-state index in [9.17, 15) is 10.1 Å². The molecule has 10 heteroatoms. The number of aromatic nitrogens is 1. The summed E-state index contributed by atoms with van der Waals surface area (Å²) in [6, 6.07) is 8.28. The number of halogens is 2. The Morgan fingerprint density at radius 2 is 1.96 bits per heavy atom. The number of fused-ring (bicyclic) bond motifs is 1. The summed E-state index contributed by atoms with van der Waals surface area (Å²) in [6.45, 7) is 1.80. The molecule has 140 valence electrons. The summed E-state index contributed by atoms with van der Waals surface area (Å²) < 4.78 is 6.57. The smallest absolute Gasteiger partial charge is 0.311 e. The number of thiazole rings is 1. The van der Waals surface area contributed by atoms with Crippen LogP contribution in [0.4, 0.5) is 11.4 Å². The number of thioether (sulfide) groups is 1. The van der Waals surface area contributed by atoms with Gasteiger partial charge < -0.3 is 9.64 Å². The maximum absolute atomic E-state index is 11.4. The molecule has 4 rings (SSSR count). The topological polar surface area (TPSA) is 68.5 Å². The molecule has 1 saturated heterocycles. The van der Waals surface area contributed by atoms with Crippen LogP contribution in [0.25, 0.3) is 10.2 Å². The number of anilines is 1. The Morgan fingerprint density at radius 1 is 1.19 bits per heavy atom. The van der Waals surface area contributed by atoms with E-state index < -0.39 is 4.92 Å². The minimum Gasteiger partial charge on any atom is -0.423 e. The molecule has 0 bridgehead atoms. The third-order valence-corrected chi connectivity index (χ3v) is 6.44. The highest BCUT2D eigenvalue weighted by molar-refractivity contribution is 7.99. The molecule has 0 N–H and O–H groups in total. The summed E-state index contributed by atoms with van der Waals surface area (Å²) in [5.74, 6) is 2.23. The Labute approximate surface area is 173 Å². The molecule has 0 amide bonds. The van der Waals surface area contributed by atoms with E-state index in [0.29, 0.717) is 15.6 Å². The monoisotopic (exact) mass is 441 g/mol. The van der Waals surface area contributed by atoms with E-state index in [-0.39, 0.29) is 16.6 Å². The van der Waals surface area contributed by atoms with Gasteiger partial charge in [-0.15, -0.1) is 0 Å². The minimum absolute atomic E-state index is 0.103. The van der Waals surface area contributed by atoms with E-state index >= 15 is 0 Å². The van der Waals surface area contributed by atoms with Crippen LogP contribution in [0.5, 0.6) is 10.9 Å². The highest BCUT2D eigenvalue weighted by Crippen LogP contribution is 2.40. The number of nitrogens with zero attached hydrogens (tertiary/aromatic N) is 3. The molecule has 0 aliphatic carbocycles. The molecule has 1 aromatic heterocycles. The van der Waals surface area contributed by atoms with E-state index in [2.05, 4.69) is 9.88 Å². The summed E-state index contributed by atoms with van der Waals surface area (Å²) in [6.07, 6.45) is 0. The maximum atomic E-state index is 11.4. The lowest BCUT2D eigenvalue weighted by molar-refractivity contribution is -0.385. The lowest BCUT2D eigenvalue weighted by Gasteiger charge is -2.28. The van der Waals surface area contributed by atoms with Crippen LogP contribution >= 0.6 is 46.3 Å². The molecule has 27 heavy (non-hydrogen) atoms. The third kappa shape index (κ3) is 3.94. The average molecular weight is 442 g/mol. The van der Waals surface area contributed by atoms with Crippen molar-refractivity contribution in [1.29, 1.82) is 0 Å².